The number of halogens is 1. The van der Waals surface area contributed by atoms with Gasteiger partial charge in [-0.05, 0) is 29.8 Å². The van der Waals surface area contributed by atoms with Crippen molar-refractivity contribution in [3.63, 3.8) is 0 Å². The number of nitrogens with zero attached hydrogens (tertiary/aromatic N) is 2. The fourth-order valence-electron chi connectivity index (χ4n) is 3.25. The first-order valence-corrected chi connectivity index (χ1v) is 9.40. The maximum absolute atomic E-state index is 12.7. The summed E-state index contributed by atoms with van der Waals surface area (Å²) in [7, 11) is 3.10. The lowest BCUT2D eigenvalue weighted by atomic mass is 9.98. The van der Waals surface area contributed by atoms with Crippen LogP contribution in [0.15, 0.2) is 47.6 Å². The summed E-state index contributed by atoms with van der Waals surface area (Å²) >= 11 is 6.36. The van der Waals surface area contributed by atoms with E-state index in [0.717, 1.165) is 11.1 Å². The van der Waals surface area contributed by atoms with Crippen LogP contribution in [0.25, 0.3) is 0 Å². The zero-order chi connectivity index (χ0) is 21.0. The number of hydrogen-bond acceptors (Lipinski definition) is 5. The summed E-state index contributed by atoms with van der Waals surface area (Å²) in [5.41, 5.74) is 2.23. The second-order valence-electron chi connectivity index (χ2n) is 6.49. The average Bonchev–Trinajstić information content (AvgIpc) is 3.17. The third-order valence-corrected chi connectivity index (χ3v) is 5.04. The number of benzene rings is 2. The third-order valence-electron chi connectivity index (χ3n) is 4.70. The third kappa shape index (κ3) is 4.51. The second kappa shape index (κ2) is 8.96. The minimum Gasteiger partial charge on any atom is -0.493 e. The SMILES string of the molecule is COc1ccc(C2=NN(C(=O)CCC(=O)O)[C@@H](c3ccccc3Cl)C2)cc1OC. The normalized spacial score (nSPS) is 15.8. The van der Waals surface area contributed by atoms with Gasteiger partial charge in [0.25, 0.3) is 0 Å². The van der Waals surface area contributed by atoms with E-state index in [1.807, 2.05) is 24.3 Å². The van der Waals surface area contributed by atoms with Crippen LogP contribution in [0, 0.1) is 0 Å². The number of rotatable bonds is 7. The second-order valence-corrected chi connectivity index (χ2v) is 6.90. The molecule has 1 aliphatic heterocycles. The van der Waals surface area contributed by atoms with Crippen molar-refractivity contribution in [2.24, 2.45) is 5.10 Å². The summed E-state index contributed by atoms with van der Waals surface area (Å²) in [5.74, 6) is -0.256. The van der Waals surface area contributed by atoms with Crippen LogP contribution >= 0.6 is 11.6 Å². The predicted octanol–water partition coefficient (Wildman–Crippen LogP) is 3.90. The van der Waals surface area contributed by atoms with Gasteiger partial charge >= 0.3 is 5.97 Å². The highest BCUT2D eigenvalue weighted by Gasteiger charge is 2.34. The molecule has 1 aliphatic rings. The minimum atomic E-state index is -1.03. The maximum Gasteiger partial charge on any atom is 0.303 e. The van der Waals surface area contributed by atoms with Crippen molar-refractivity contribution in [2.45, 2.75) is 25.3 Å². The van der Waals surface area contributed by atoms with E-state index in [4.69, 9.17) is 26.2 Å². The summed E-state index contributed by atoms with van der Waals surface area (Å²) in [5, 5.41) is 15.3. The zero-order valence-corrected chi connectivity index (χ0v) is 16.8. The Morgan fingerprint density at radius 2 is 1.86 bits per heavy atom. The summed E-state index contributed by atoms with van der Waals surface area (Å²) in [6.07, 6.45) is 0.0445. The highest BCUT2D eigenvalue weighted by molar-refractivity contribution is 6.31. The highest BCUT2D eigenvalue weighted by Crippen LogP contribution is 2.38. The maximum atomic E-state index is 12.7. The van der Waals surface area contributed by atoms with Crippen LogP contribution in [0.4, 0.5) is 0 Å². The van der Waals surface area contributed by atoms with Crippen LogP contribution in [0.5, 0.6) is 11.5 Å². The molecule has 0 radical (unpaired) electrons. The molecule has 1 heterocycles. The van der Waals surface area contributed by atoms with Crippen molar-refractivity contribution < 1.29 is 24.2 Å². The molecular formula is C21H21ClN2O5. The quantitative estimate of drug-likeness (QED) is 0.739. The van der Waals surface area contributed by atoms with Crippen molar-refractivity contribution in [1.82, 2.24) is 5.01 Å². The van der Waals surface area contributed by atoms with Gasteiger partial charge < -0.3 is 14.6 Å². The van der Waals surface area contributed by atoms with Crippen molar-refractivity contribution in [1.29, 1.82) is 0 Å². The van der Waals surface area contributed by atoms with Crippen molar-refractivity contribution >= 4 is 29.2 Å². The standard InChI is InChI=1S/C21H21ClN2O5/c1-28-18-8-7-13(11-19(18)29-2)16-12-17(14-5-3-4-6-15(14)22)24(23-16)20(25)9-10-21(26)27/h3-8,11,17H,9-10,12H2,1-2H3,(H,26,27)/t17-/m1/s1. The molecule has 8 heteroatoms. The van der Waals surface area contributed by atoms with Gasteiger partial charge in [0.15, 0.2) is 11.5 Å². The molecule has 0 bridgehead atoms. The summed E-state index contributed by atoms with van der Waals surface area (Å²) in [4.78, 5) is 23.6. The molecule has 3 rings (SSSR count). The minimum absolute atomic E-state index is 0.140. The monoisotopic (exact) mass is 416 g/mol. The number of hydrogen-bond donors (Lipinski definition) is 1. The molecule has 2 aromatic carbocycles. The van der Waals surface area contributed by atoms with Gasteiger partial charge in [-0.2, -0.15) is 5.10 Å². The molecule has 0 aliphatic carbocycles. The van der Waals surface area contributed by atoms with Gasteiger partial charge in [-0.15, -0.1) is 0 Å². The average molecular weight is 417 g/mol. The van der Waals surface area contributed by atoms with E-state index in [9.17, 15) is 9.59 Å². The number of carboxylic acid groups (broad SMARTS) is 1. The molecular weight excluding hydrogens is 396 g/mol. The van der Waals surface area contributed by atoms with Gasteiger partial charge in [0.05, 0.1) is 32.4 Å². The first-order chi connectivity index (χ1) is 13.9. The molecule has 1 N–H and O–H groups in total. The predicted molar refractivity (Wildman–Crippen MR) is 109 cm³/mol. The number of carbonyl (C=O) groups excluding carboxylic acids is 1. The molecule has 0 fully saturated rings. The molecule has 1 amide bonds. The summed E-state index contributed by atoms with van der Waals surface area (Å²) in [6, 6.07) is 12.3. The Balaban J connectivity index is 1.96. The molecule has 29 heavy (non-hydrogen) atoms. The van der Waals surface area contributed by atoms with Crippen molar-refractivity contribution in [3.05, 3.63) is 58.6 Å². The molecule has 0 saturated carbocycles. The zero-order valence-electron chi connectivity index (χ0n) is 16.1. The van der Waals surface area contributed by atoms with Gasteiger partial charge in [0.1, 0.15) is 0 Å². The van der Waals surface area contributed by atoms with Crippen LogP contribution in [0.2, 0.25) is 5.02 Å². The lowest BCUT2D eigenvalue weighted by Crippen LogP contribution is -2.27. The number of aliphatic carboxylic acids is 1. The van der Waals surface area contributed by atoms with Gasteiger partial charge in [-0.3, -0.25) is 9.59 Å². The fraction of sp³-hybridized carbons (Fsp3) is 0.286. The topological polar surface area (TPSA) is 88.4 Å². The lowest BCUT2D eigenvalue weighted by molar-refractivity contribution is -0.141. The summed E-state index contributed by atoms with van der Waals surface area (Å²) in [6.45, 7) is 0. The molecule has 1 atom stereocenters. The van der Waals surface area contributed by atoms with E-state index in [0.29, 0.717) is 28.7 Å². The molecule has 0 spiro atoms. The first-order valence-electron chi connectivity index (χ1n) is 9.02. The largest absolute Gasteiger partial charge is 0.493 e. The van der Waals surface area contributed by atoms with Gasteiger partial charge in [0.2, 0.25) is 5.91 Å². The van der Waals surface area contributed by atoms with Crippen molar-refractivity contribution in [2.75, 3.05) is 14.2 Å². The summed E-state index contributed by atoms with van der Waals surface area (Å²) < 4.78 is 10.6. The van der Waals surface area contributed by atoms with Crippen LogP contribution in [0.1, 0.15) is 36.4 Å². The first kappa shape index (κ1) is 20.7. The number of carboxylic acids is 1. The molecule has 0 saturated heterocycles. The fourth-order valence-corrected chi connectivity index (χ4v) is 3.51. The lowest BCUT2D eigenvalue weighted by Gasteiger charge is -2.22. The Morgan fingerprint density at radius 1 is 1.14 bits per heavy atom. The number of ether oxygens (including phenoxy) is 2. The number of hydrazone groups is 1. The Hall–Kier alpha value is -3.06. The number of carbonyl (C=O) groups is 2. The molecule has 2 aromatic rings. The molecule has 0 aromatic heterocycles. The Labute approximate surface area is 173 Å². The Bertz CT molecular complexity index is 960. The smallest absolute Gasteiger partial charge is 0.303 e. The van der Waals surface area contributed by atoms with E-state index < -0.39 is 12.0 Å². The van der Waals surface area contributed by atoms with E-state index in [1.165, 1.54) is 5.01 Å². The van der Waals surface area contributed by atoms with Crippen LogP contribution in [0.3, 0.4) is 0 Å². The highest BCUT2D eigenvalue weighted by atomic mass is 35.5. The van der Waals surface area contributed by atoms with Crippen LogP contribution in [-0.4, -0.2) is 41.9 Å². The van der Waals surface area contributed by atoms with E-state index >= 15 is 0 Å². The Morgan fingerprint density at radius 3 is 2.52 bits per heavy atom. The molecule has 7 nitrogen and oxygen atoms in total. The van der Waals surface area contributed by atoms with Gasteiger partial charge in [0, 0.05) is 23.4 Å². The van der Waals surface area contributed by atoms with Crippen LogP contribution < -0.4 is 9.47 Å². The van der Waals surface area contributed by atoms with Crippen molar-refractivity contribution in [3.8, 4) is 11.5 Å². The van der Waals surface area contributed by atoms with E-state index in [2.05, 4.69) is 5.10 Å². The molecule has 0 unspecified atom stereocenters. The number of amides is 1. The van der Waals surface area contributed by atoms with Crippen LogP contribution in [-0.2, 0) is 9.59 Å². The van der Waals surface area contributed by atoms with E-state index in [1.54, 1.807) is 32.4 Å². The Kier molecular flexibility index (Phi) is 6.39. The molecule has 152 valence electrons. The number of methoxy groups -OCH3 is 2. The van der Waals surface area contributed by atoms with Gasteiger partial charge in [-0.25, -0.2) is 5.01 Å². The van der Waals surface area contributed by atoms with E-state index in [-0.39, 0.29) is 18.7 Å². The van der Waals surface area contributed by atoms with Gasteiger partial charge in [-0.1, -0.05) is 29.8 Å².